The largest absolute Gasteiger partial charge is 0.428 e. The van der Waals surface area contributed by atoms with Crippen molar-refractivity contribution in [2.24, 2.45) is 0 Å². The van der Waals surface area contributed by atoms with Crippen molar-refractivity contribution < 1.29 is 35.8 Å². The van der Waals surface area contributed by atoms with Crippen molar-refractivity contribution in [2.75, 3.05) is 0 Å². The molecule has 2 aromatic heterocycles. The molecule has 4 aromatic rings. The van der Waals surface area contributed by atoms with E-state index >= 15 is 0 Å². The number of aromatic nitrogens is 4. The van der Waals surface area contributed by atoms with Crippen LogP contribution in [0.5, 0.6) is 11.5 Å². The lowest BCUT2D eigenvalue weighted by Crippen LogP contribution is -1.94. The molecule has 49 heavy (non-hydrogen) atoms. The molecule has 0 saturated carbocycles. The predicted molar refractivity (Wildman–Crippen MR) is 177 cm³/mol. The quantitative estimate of drug-likeness (QED) is 0.0625. The molecule has 0 radical (unpaired) electrons. The molecule has 0 saturated heterocycles. The van der Waals surface area contributed by atoms with Gasteiger partial charge in [0, 0.05) is 35.9 Å². The summed E-state index contributed by atoms with van der Waals surface area (Å²) in [5.74, 6) is 1.01. The van der Waals surface area contributed by atoms with E-state index in [1.54, 1.807) is 49.1 Å². The van der Waals surface area contributed by atoms with Crippen LogP contribution in [-0.2, 0) is 12.8 Å². The van der Waals surface area contributed by atoms with Crippen LogP contribution in [0.2, 0.25) is 0 Å². The zero-order chi connectivity index (χ0) is 35.4. The first-order valence-corrected chi connectivity index (χ1v) is 16.3. The number of rotatable bonds is 17. The highest BCUT2D eigenvalue weighted by molar-refractivity contribution is 5.56. The molecule has 262 valence electrons. The Labute approximate surface area is 283 Å². The minimum absolute atomic E-state index is 0.0160. The average Bonchev–Trinajstić information content (AvgIpc) is 3.11. The molecular weight excluding hydrogens is 646 g/mol. The maximum absolute atomic E-state index is 12.7. The van der Waals surface area contributed by atoms with Crippen molar-refractivity contribution in [2.45, 2.75) is 84.5 Å². The van der Waals surface area contributed by atoms with E-state index in [-0.39, 0.29) is 11.5 Å². The fraction of sp³-hybridized carbons (Fsp3) is 0.351. The summed E-state index contributed by atoms with van der Waals surface area (Å²) >= 11 is 0. The smallest absolute Gasteiger partial charge is 0.344 e. The van der Waals surface area contributed by atoms with Gasteiger partial charge in [-0.2, -0.15) is 26.3 Å². The Bertz CT molecular complexity index is 1590. The second kappa shape index (κ2) is 21.3. The molecule has 2 aromatic carbocycles. The van der Waals surface area contributed by atoms with Crippen LogP contribution in [0.4, 0.5) is 26.3 Å². The van der Waals surface area contributed by atoms with Gasteiger partial charge in [-0.15, -0.1) is 0 Å². The van der Waals surface area contributed by atoms with Gasteiger partial charge in [0.25, 0.3) is 0 Å². The Hall–Kier alpha value is -4.74. The number of hydrogen-bond acceptors (Lipinski definition) is 6. The zero-order valence-corrected chi connectivity index (χ0v) is 27.6. The number of hydrogen-bond donors (Lipinski definition) is 0. The molecule has 0 aliphatic rings. The Kier molecular flexibility index (Phi) is 16.8. The minimum Gasteiger partial charge on any atom is -0.428 e. The van der Waals surface area contributed by atoms with Gasteiger partial charge in [0.2, 0.25) is 0 Å². The Balaban J connectivity index is 0.000000266. The van der Waals surface area contributed by atoms with Gasteiger partial charge >= 0.3 is 24.2 Å². The lowest BCUT2D eigenvalue weighted by Gasteiger charge is -2.05. The second-order valence-corrected chi connectivity index (χ2v) is 11.1. The van der Waals surface area contributed by atoms with Crippen molar-refractivity contribution >= 4 is 0 Å². The van der Waals surface area contributed by atoms with E-state index in [0.717, 1.165) is 36.8 Å². The lowest BCUT2D eigenvalue weighted by atomic mass is 10.1. The Morgan fingerprint density at radius 1 is 0.469 bits per heavy atom. The van der Waals surface area contributed by atoms with Crippen LogP contribution < -0.4 is 9.47 Å². The van der Waals surface area contributed by atoms with Crippen molar-refractivity contribution in [3.05, 3.63) is 109 Å². The summed E-state index contributed by atoms with van der Waals surface area (Å²) in [6, 6.07) is 8.14. The van der Waals surface area contributed by atoms with Gasteiger partial charge in [-0.05, 0) is 85.3 Å². The Morgan fingerprint density at radius 2 is 0.796 bits per heavy atom. The first-order valence-electron chi connectivity index (χ1n) is 16.3. The monoisotopic (exact) mass is 686 g/mol. The summed E-state index contributed by atoms with van der Waals surface area (Å²) in [4.78, 5) is 17.3. The molecule has 12 heteroatoms. The van der Waals surface area contributed by atoms with Gasteiger partial charge in [0.05, 0.1) is 0 Å². The van der Waals surface area contributed by atoms with E-state index in [2.05, 4.69) is 43.3 Å². The lowest BCUT2D eigenvalue weighted by molar-refractivity contribution is 0.241. The van der Waals surface area contributed by atoms with Crippen molar-refractivity contribution in [3.8, 4) is 34.3 Å². The summed E-state index contributed by atoms with van der Waals surface area (Å²) in [5, 5.41) is 0. The maximum atomic E-state index is 12.7. The highest BCUT2D eigenvalue weighted by Gasteiger charge is 2.10. The highest BCUT2D eigenvalue weighted by Crippen LogP contribution is 2.24. The molecule has 0 atom stereocenters. The van der Waals surface area contributed by atoms with Crippen molar-refractivity contribution in [1.82, 2.24) is 19.9 Å². The standard InChI is InChI=1S/C19H21F3N2O.C18H19F3N2O/c1-2-3-4-5-6-7-14-12-23-19(24-13-14)15-8-10-16(11-9-15)25-18(22)17(20)21;1-2-3-4-5-6-13-11-22-18(23-12-13)14-7-9-15(10-8-14)24-17(21)16(19)20/h8-13H,2-7H2,1H3;7-12H,2-6H2,1H3. The van der Waals surface area contributed by atoms with Crippen molar-refractivity contribution in [1.29, 1.82) is 0 Å². The predicted octanol–water partition coefficient (Wildman–Crippen LogP) is 11.8. The van der Waals surface area contributed by atoms with Crippen LogP contribution in [0.15, 0.2) is 97.5 Å². The van der Waals surface area contributed by atoms with Crippen LogP contribution in [-0.4, -0.2) is 19.9 Å². The minimum atomic E-state index is -2.49. The molecule has 2 heterocycles. The first-order chi connectivity index (χ1) is 23.7. The molecule has 0 bridgehead atoms. The normalized spacial score (nSPS) is 10.5. The highest BCUT2D eigenvalue weighted by atomic mass is 19.3. The van der Waals surface area contributed by atoms with E-state index in [1.807, 2.05) is 0 Å². The second-order valence-electron chi connectivity index (χ2n) is 11.1. The number of ether oxygens (including phenoxy) is 2. The third kappa shape index (κ3) is 14.1. The SMILES string of the molecule is CCCCCCCc1cnc(-c2ccc(OC(F)=C(F)F)cc2)nc1.CCCCCCc1cnc(-c2ccc(OC(F)=C(F)F)cc2)nc1. The van der Waals surface area contributed by atoms with E-state index in [9.17, 15) is 26.3 Å². The molecule has 0 aliphatic carbocycles. The number of benzene rings is 2. The molecule has 0 N–H and O–H groups in total. The molecular formula is C37H40F6N4O2. The third-order valence-electron chi connectivity index (χ3n) is 7.24. The van der Waals surface area contributed by atoms with Gasteiger partial charge < -0.3 is 9.47 Å². The van der Waals surface area contributed by atoms with Crippen LogP contribution >= 0.6 is 0 Å². The number of halogens is 6. The van der Waals surface area contributed by atoms with Crippen molar-refractivity contribution in [3.63, 3.8) is 0 Å². The summed E-state index contributed by atoms with van der Waals surface area (Å²) in [5.41, 5.74) is 3.57. The fourth-order valence-electron chi connectivity index (χ4n) is 4.58. The third-order valence-corrected chi connectivity index (χ3v) is 7.24. The Morgan fingerprint density at radius 3 is 1.12 bits per heavy atom. The summed E-state index contributed by atoms with van der Waals surface area (Å²) in [6.45, 7) is 4.37. The number of nitrogens with zero attached hydrogens (tertiary/aromatic N) is 4. The van der Waals surface area contributed by atoms with Crippen LogP contribution in [0.3, 0.4) is 0 Å². The van der Waals surface area contributed by atoms with Gasteiger partial charge in [-0.25, -0.2) is 19.9 Å². The van der Waals surface area contributed by atoms with Crippen LogP contribution in [0.25, 0.3) is 22.8 Å². The van der Waals surface area contributed by atoms with Gasteiger partial charge in [-0.3, -0.25) is 0 Å². The summed E-state index contributed by atoms with van der Waals surface area (Å²) < 4.78 is 82.2. The van der Waals surface area contributed by atoms with E-state index in [1.165, 1.54) is 69.2 Å². The molecule has 4 rings (SSSR count). The van der Waals surface area contributed by atoms with E-state index in [4.69, 9.17) is 0 Å². The maximum Gasteiger partial charge on any atom is 0.344 e. The number of unbranched alkanes of at least 4 members (excludes halogenated alkanes) is 7. The topological polar surface area (TPSA) is 70.0 Å². The molecule has 0 unspecified atom stereocenters. The van der Waals surface area contributed by atoms with Gasteiger partial charge in [0.1, 0.15) is 11.5 Å². The summed E-state index contributed by atoms with van der Waals surface area (Å²) in [7, 11) is 0. The van der Waals surface area contributed by atoms with Gasteiger partial charge in [0.15, 0.2) is 11.6 Å². The summed E-state index contributed by atoms with van der Waals surface area (Å²) in [6.07, 6.45) is 14.9. The van der Waals surface area contributed by atoms with E-state index in [0.29, 0.717) is 22.8 Å². The van der Waals surface area contributed by atoms with Crippen LogP contribution in [0, 0.1) is 0 Å². The molecule has 0 amide bonds. The molecule has 0 aliphatic heterocycles. The van der Waals surface area contributed by atoms with Gasteiger partial charge in [-0.1, -0.05) is 58.8 Å². The molecule has 0 spiro atoms. The van der Waals surface area contributed by atoms with E-state index < -0.39 is 24.2 Å². The molecule has 6 nitrogen and oxygen atoms in total. The molecule has 0 fully saturated rings. The number of aryl methyl sites for hydroxylation is 2. The zero-order valence-electron chi connectivity index (χ0n) is 27.6. The first kappa shape index (κ1) is 38.7. The fourth-order valence-corrected chi connectivity index (χ4v) is 4.58. The average molecular weight is 687 g/mol. The van der Waals surface area contributed by atoms with Crippen LogP contribution in [0.1, 0.15) is 82.8 Å².